The number of aromatic nitrogens is 1. The summed E-state index contributed by atoms with van der Waals surface area (Å²) in [7, 11) is -3.82. The summed E-state index contributed by atoms with van der Waals surface area (Å²) >= 11 is 0. The number of nitrogens with one attached hydrogen (secondary N) is 1. The lowest BCUT2D eigenvalue weighted by Crippen LogP contribution is -2.28. The number of pyridine rings is 1. The third-order valence-electron chi connectivity index (χ3n) is 3.97. The molecule has 0 aliphatic rings. The number of carbonyl (C=O) groups is 1. The normalized spacial score (nSPS) is 11.2. The fourth-order valence-electron chi connectivity index (χ4n) is 2.72. The van der Waals surface area contributed by atoms with Crippen LogP contribution in [0.2, 0.25) is 0 Å². The van der Waals surface area contributed by atoms with Gasteiger partial charge in [0.1, 0.15) is 11.4 Å². The Hall–Kier alpha value is -2.61. The molecular weight excluding hydrogens is 366 g/mol. The highest BCUT2D eigenvalue weighted by molar-refractivity contribution is 7.92. The first-order valence-corrected chi connectivity index (χ1v) is 10.3. The van der Waals surface area contributed by atoms with Gasteiger partial charge in [0, 0.05) is 13.1 Å². The predicted molar refractivity (Wildman–Crippen MR) is 106 cm³/mol. The molecule has 0 unspecified atom stereocenters. The van der Waals surface area contributed by atoms with Crippen molar-refractivity contribution in [3.05, 3.63) is 47.7 Å². The van der Waals surface area contributed by atoms with E-state index >= 15 is 0 Å². The molecule has 0 saturated carbocycles. The smallest absolute Gasteiger partial charge is 0.339 e. The molecule has 0 aliphatic heterocycles. The number of benzene rings is 1. The number of sulfonamides is 1. The van der Waals surface area contributed by atoms with Crippen LogP contribution < -0.4 is 9.62 Å². The lowest BCUT2D eigenvalue weighted by molar-refractivity contribution is 0.0697. The van der Waals surface area contributed by atoms with Crippen molar-refractivity contribution in [2.45, 2.75) is 38.5 Å². The average Bonchev–Trinajstić information content (AvgIpc) is 2.61. The van der Waals surface area contributed by atoms with E-state index < -0.39 is 16.0 Å². The second-order valence-electron chi connectivity index (χ2n) is 6.31. The molecule has 0 spiro atoms. The molecule has 1 heterocycles. The van der Waals surface area contributed by atoms with Gasteiger partial charge in [0.05, 0.1) is 16.8 Å². The molecule has 0 saturated heterocycles. The molecule has 0 amide bonds. The molecule has 7 nitrogen and oxygen atoms in total. The van der Waals surface area contributed by atoms with Crippen molar-refractivity contribution < 1.29 is 18.3 Å². The fourth-order valence-corrected chi connectivity index (χ4v) is 3.75. The first-order chi connectivity index (χ1) is 12.8. The van der Waals surface area contributed by atoms with Gasteiger partial charge in [-0.25, -0.2) is 18.2 Å². The number of nitrogens with zero attached hydrogens (tertiary/aromatic N) is 2. The molecule has 27 heavy (non-hydrogen) atoms. The molecule has 2 N–H and O–H groups in total. The molecular formula is C19H25N3O4S. The summed E-state index contributed by atoms with van der Waals surface area (Å²) in [6, 6.07) is 7.72. The van der Waals surface area contributed by atoms with Crippen LogP contribution in [0.4, 0.5) is 11.5 Å². The Balaban J connectivity index is 2.37. The van der Waals surface area contributed by atoms with E-state index in [1.165, 1.54) is 24.4 Å². The maximum Gasteiger partial charge on any atom is 0.339 e. The third-order valence-corrected chi connectivity index (χ3v) is 5.36. The molecule has 1 aromatic heterocycles. The van der Waals surface area contributed by atoms with Crippen LogP contribution in [0.15, 0.2) is 41.4 Å². The fraction of sp³-hybridized carbons (Fsp3) is 0.368. The Bertz CT molecular complexity index is 890. The molecule has 0 aliphatic carbocycles. The molecule has 0 radical (unpaired) electrons. The predicted octanol–water partition coefficient (Wildman–Crippen LogP) is 3.52. The van der Waals surface area contributed by atoms with Gasteiger partial charge in [0.2, 0.25) is 0 Å². The largest absolute Gasteiger partial charge is 0.478 e. The second kappa shape index (κ2) is 8.85. The maximum absolute atomic E-state index is 12.5. The minimum Gasteiger partial charge on any atom is -0.478 e. The molecule has 0 bridgehead atoms. The summed E-state index contributed by atoms with van der Waals surface area (Å²) in [5.41, 5.74) is 1.03. The molecule has 1 aromatic carbocycles. The molecule has 146 valence electrons. The maximum atomic E-state index is 12.5. The molecule has 2 aromatic rings. The summed E-state index contributed by atoms with van der Waals surface area (Å²) in [5.74, 6) is -0.796. The zero-order valence-electron chi connectivity index (χ0n) is 15.8. The molecule has 2 rings (SSSR count). The van der Waals surface area contributed by atoms with E-state index in [0.717, 1.165) is 18.4 Å². The van der Waals surface area contributed by atoms with E-state index in [-0.39, 0.29) is 16.1 Å². The monoisotopic (exact) mass is 391 g/mol. The summed E-state index contributed by atoms with van der Waals surface area (Å²) in [4.78, 5) is 18.0. The lowest BCUT2D eigenvalue weighted by Gasteiger charge is -2.24. The van der Waals surface area contributed by atoms with Crippen LogP contribution in [0.25, 0.3) is 0 Å². The zero-order chi connectivity index (χ0) is 20.0. The van der Waals surface area contributed by atoms with E-state index in [1.807, 2.05) is 25.7 Å². The number of carboxylic acid groups (broad SMARTS) is 1. The Morgan fingerprint density at radius 2 is 1.74 bits per heavy atom. The van der Waals surface area contributed by atoms with Gasteiger partial charge in [-0.15, -0.1) is 0 Å². The second-order valence-corrected chi connectivity index (χ2v) is 7.99. The van der Waals surface area contributed by atoms with Crippen LogP contribution in [-0.4, -0.2) is 37.6 Å². The molecule has 0 fully saturated rings. The van der Waals surface area contributed by atoms with Crippen LogP contribution in [0, 0.1) is 6.92 Å². The quantitative estimate of drug-likeness (QED) is 0.678. The van der Waals surface area contributed by atoms with Crippen molar-refractivity contribution in [2.24, 2.45) is 0 Å². The van der Waals surface area contributed by atoms with Crippen LogP contribution in [0.3, 0.4) is 0 Å². The number of anilines is 2. The van der Waals surface area contributed by atoms with Gasteiger partial charge < -0.3 is 10.0 Å². The number of rotatable bonds is 9. The molecule has 8 heteroatoms. The van der Waals surface area contributed by atoms with E-state index in [9.17, 15) is 18.3 Å². The lowest BCUT2D eigenvalue weighted by atomic mass is 10.2. The highest BCUT2D eigenvalue weighted by Crippen LogP contribution is 2.24. The summed E-state index contributed by atoms with van der Waals surface area (Å²) in [5, 5.41) is 9.58. The molecule has 0 atom stereocenters. The van der Waals surface area contributed by atoms with Gasteiger partial charge in [0.25, 0.3) is 10.0 Å². The van der Waals surface area contributed by atoms with E-state index in [2.05, 4.69) is 9.71 Å². The summed E-state index contributed by atoms with van der Waals surface area (Å²) in [6.07, 6.45) is 3.05. The Morgan fingerprint density at radius 1 is 1.15 bits per heavy atom. The Kier molecular flexibility index (Phi) is 6.79. The number of hydrogen-bond acceptors (Lipinski definition) is 5. The third kappa shape index (κ3) is 5.19. The van der Waals surface area contributed by atoms with Crippen LogP contribution in [0.5, 0.6) is 0 Å². The number of hydrogen-bond donors (Lipinski definition) is 2. The highest BCUT2D eigenvalue weighted by atomic mass is 32.2. The highest BCUT2D eigenvalue weighted by Gasteiger charge is 2.20. The van der Waals surface area contributed by atoms with Crippen molar-refractivity contribution in [2.75, 3.05) is 22.7 Å². The van der Waals surface area contributed by atoms with Gasteiger partial charge in [-0.2, -0.15) is 0 Å². The van der Waals surface area contributed by atoms with Crippen molar-refractivity contribution in [3.8, 4) is 0 Å². The van der Waals surface area contributed by atoms with E-state index in [4.69, 9.17) is 0 Å². The topological polar surface area (TPSA) is 99.6 Å². The van der Waals surface area contributed by atoms with E-state index in [0.29, 0.717) is 18.9 Å². The van der Waals surface area contributed by atoms with Crippen LogP contribution in [-0.2, 0) is 10.0 Å². The van der Waals surface area contributed by atoms with Gasteiger partial charge in [0.15, 0.2) is 0 Å². The summed E-state index contributed by atoms with van der Waals surface area (Å²) in [6.45, 7) is 7.23. The Labute approximate surface area is 160 Å². The SMILES string of the molecule is CCCN(CCC)c1ncc(NS(=O)(=O)c2ccc(C)cc2)cc1C(=O)O. The first kappa shape index (κ1) is 20.7. The van der Waals surface area contributed by atoms with Gasteiger partial charge in [-0.1, -0.05) is 31.5 Å². The number of carboxylic acids is 1. The average molecular weight is 391 g/mol. The standard InChI is InChI=1S/C19H25N3O4S/c1-4-10-22(11-5-2)18-17(19(23)24)12-15(13-20-18)21-27(25,26)16-8-6-14(3)7-9-16/h6-9,12-13,21H,4-5,10-11H2,1-3H3,(H,23,24). The van der Waals surface area contributed by atoms with E-state index in [1.54, 1.807) is 12.1 Å². The minimum absolute atomic E-state index is 0.0268. The van der Waals surface area contributed by atoms with Crippen molar-refractivity contribution in [1.82, 2.24) is 4.98 Å². The van der Waals surface area contributed by atoms with Crippen LogP contribution in [0.1, 0.15) is 42.6 Å². The zero-order valence-corrected chi connectivity index (χ0v) is 16.6. The van der Waals surface area contributed by atoms with Crippen molar-refractivity contribution in [3.63, 3.8) is 0 Å². The van der Waals surface area contributed by atoms with Crippen molar-refractivity contribution >= 4 is 27.5 Å². The minimum atomic E-state index is -3.82. The van der Waals surface area contributed by atoms with Gasteiger partial charge in [-0.05, 0) is 38.0 Å². The Morgan fingerprint density at radius 3 is 2.26 bits per heavy atom. The van der Waals surface area contributed by atoms with Crippen LogP contribution >= 0.6 is 0 Å². The van der Waals surface area contributed by atoms with Gasteiger partial charge >= 0.3 is 5.97 Å². The number of aromatic carboxylic acids is 1. The first-order valence-electron chi connectivity index (χ1n) is 8.86. The van der Waals surface area contributed by atoms with Crippen molar-refractivity contribution in [1.29, 1.82) is 0 Å². The van der Waals surface area contributed by atoms with Gasteiger partial charge in [-0.3, -0.25) is 4.72 Å². The number of aryl methyl sites for hydroxylation is 1. The summed E-state index contributed by atoms with van der Waals surface area (Å²) < 4.78 is 27.4.